The fourth-order valence-electron chi connectivity index (χ4n) is 4.47. The van der Waals surface area contributed by atoms with Gasteiger partial charge in [-0.3, -0.25) is 14.5 Å². The third kappa shape index (κ3) is 5.93. The normalized spacial score (nSPS) is 19.5. The van der Waals surface area contributed by atoms with Gasteiger partial charge in [0.15, 0.2) is 0 Å². The van der Waals surface area contributed by atoms with E-state index in [0.717, 1.165) is 32.5 Å². The lowest BCUT2D eigenvalue weighted by Gasteiger charge is -2.40. The Morgan fingerprint density at radius 2 is 1.86 bits per heavy atom. The second-order valence-electron chi connectivity index (χ2n) is 8.42. The van der Waals surface area contributed by atoms with Crippen LogP contribution in [0.1, 0.15) is 36.0 Å². The zero-order chi connectivity index (χ0) is 20.8. The number of carbonyl (C=O) groups excluding carboxylic acids is 2. The van der Waals surface area contributed by atoms with Gasteiger partial charge in [-0.2, -0.15) is 0 Å². The third-order valence-corrected chi connectivity index (χ3v) is 6.27. The third-order valence-electron chi connectivity index (χ3n) is 6.04. The van der Waals surface area contributed by atoms with Gasteiger partial charge in [0.2, 0.25) is 5.91 Å². The highest BCUT2D eigenvalue weighted by atomic mass is 35.5. The Hall–Kier alpha value is -1.63. The molecule has 0 aromatic heterocycles. The van der Waals surface area contributed by atoms with Gasteiger partial charge in [-0.25, -0.2) is 0 Å². The van der Waals surface area contributed by atoms with Gasteiger partial charge in [0.1, 0.15) is 0 Å². The fraction of sp³-hybridized carbons (Fsp3) is 0.636. The van der Waals surface area contributed by atoms with Crippen molar-refractivity contribution in [2.75, 3.05) is 53.4 Å². The minimum Gasteiger partial charge on any atom is -0.353 e. The van der Waals surface area contributed by atoms with Crippen molar-refractivity contribution in [2.45, 2.75) is 31.7 Å². The number of benzene rings is 1. The average Bonchev–Trinajstić information content (AvgIpc) is 3.22. The zero-order valence-corrected chi connectivity index (χ0v) is 18.3. The summed E-state index contributed by atoms with van der Waals surface area (Å²) < 4.78 is 0. The van der Waals surface area contributed by atoms with E-state index in [4.69, 9.17) is 11.6 Å². The first kappa shape index (κ1) is 22.1. The Bertz CT molecular complexity index is 698. The number of nitrogens with one attached hydrogen (secondary N) is 1. The van der Waals surface area contributed by atoms with Gasteiger partial charge < -0.3 is 15.1 Å². The maximum atomic E-state index is 13.0. The van der Waals surface area contributed by atoms with E-state index in [1.807, 2.05) is 19.0 Å². The minimum atomic E-state index is -0.0805. The molecule has 0 radical (unpaired) electrons. The average molecular weight is 421 g/mol. The maximum Gasteiger partial charge on any atom is 0.253 e. The minimum absolute atomic E-state index is 0.0139. The van der Waals surface area contributed by atoms with Crippen molar-refractivity contribution in [3.63, 3.8) is 0 Å². The summed E-state index contributed by atoms with van der Waals surface area (Å²) in [6, 6.07) is 7.02. The molecule has 0 bridgehead atoms. The highest BCUT2D eigenvalue weighted by Crippen LogP contribution is 2.31. The molecule has 1 heterocycles. The zero-order valence-electron chi connectivity index (χ0n) is 17.6. The number of amides is 2. The van der Waals surface area contributed by atoms with Gasteiger partial charge >= 0.3 is 0 Å². The molecule has 1 aliphatic carbocycles. The van der Waals surface area contributed by atoms with Crippen molar-refractivity contribution in [3.05, 3.63) is 34.9 Å². The van der Waals surface area contributed by atoms with Gasteiger partial charge in [-0.05, 0) is 51.1 Å². The molecule has 2 fully saturated rings. The predicted octanol–water partition coefficient (Wildman–Crippen LogP) is 2.33. The van der Waals surface area contributed by atoms with Crippen molar-refractivity contribution < 1.29 is 9.59 Å². The highest BCUT2D eigenvalue weighted by molar-refractivity contribution is 6.30. The Balaban J connectivity index is 1.60. The van der Waals surface area contributed by atoms with Gasteiger partial charge in [0.25, 0.3) is 5.91 Å². The van der Waals surface area contributed by atoms with Crippen molar-refractivity contribution in [1.29, 1.82) is 0 Å². The molecule has 1 N–H and O–H groups in total. The number of nitrogens with zero attached hydrogens (tertiary/aromatic N) is 3. The SMILES string of the molecule is CN(C)CCNC(=O)C(C1CCCC1)N1CCN(C(=O)c2cccc(Cl)c2)CC1. The topological polar surface area (TPSA) is 55.9 Å². The standard InChI is InChI=1S/C22H33ClN4O2/c1-25(2)11-10-24-21(28)20(17-6-3-4-7-17)26-12-14-27(15-13-26)22(29)18-8-5-9-19(23)16-18/h5,8-9,16-17,20H,3-4,6-7,10-15H2,1-2H3,(H,24,28). The van der Waals surface area contributed by atoms with Gasteiger partial charge in [0, 0.05) is 49.9 Å². The lowest BCUT2D eigenvalue weighted by Crippen LogP contribution is -2.58. The summed E-state index contributed by atoms with van der Waals surface area (Å²) in [6.45, 7) is 4.25. The van der Waals surface area contributed by atoms with Crippen LogP contribution < -0.4 is 5.32 Å². The van der Waals surface area contributed by atoms with Crippen LogP contribution in [0.25, 0.3) is 0 Å². The lowest BCUT2D eigenvalue weighted by atomic mass is 9.95. The highest BCUT2D eigenvalue weighted by Gasteiger charge is 2.37. The van der Waals surface area contributed by atoms with E-state index in [0.29, 0.717) is 36.1 Å². The number of rotatable bonds is 7. The molecule has 1 aliphatic heterocycles. The molecular weight excluding hydrogens is 388 g/mol. The van der Waals surface area contributed by atoms with Crippen LogP contribution in [0.4, 0.5) is 0 Å². The first-order valence-corrected chi connectivity index (χ1v) is 11.0. The Morgan fingerprint density at radius 3 is 2.48 bits per heavy atom. The molecule has 2 aliphatic rings. The van der Waals surface area contributed by atoms with Gasteiger partial charge in [-0.15, -0.1) is 0 Å². The van der Waals surface area contributed by atoms with Gasteiger partial charge in [0.05, 0.1) is 6.04 Å². The monoisotopic (exact) mass is 420 g/mol. The van der Waals surface area contributed by atoms with E-state index in [2.05, 4.69) is 15.1 Å². The molecule has 1 aromatic rings. The molecule has 3 rings (SSSR count). The molecule has 1 saturated heterocycles. The summed E-state index contributed by atoms with van der Waals surface area (Å²) in [5.74, 6) is 0.581. The Morgan fingerprint density at radius 1 is 1.17 bits per heavy atom. The quantitative estimate of drug-likeness (QED) is 0.735. The summed E-state index contributed by atoms with van der Waals surface area (Å²) in [7, 11) is 4.02. The molecule has 1 atom stereocenters. The van der Waals surface area contributed by atoms with Crippen LogP contribution in [0, 0.1) is 5.92 Å². The summed E-state index contributed by atoms with van der Waals surface area (Å²) in [4.78, 5) is 32.0. The fourth-order valence-corrected chi connectivity index (χ4v) is 4.66. The molecular formula is C22H33ClN4O2. The second-order valence-corrected chi connectivity index (χ2v) is 8.86. The first-order chi connectivity index (χ1) is 14.0. The lowest BCUT2D eigenvalue weighted by molar-refractivity contribution is -0.129. The molecule has 29 heavy (non-hydrogen) atoms. The smallest absolute Gasteiger partial charge is 0.253 e. The van der Waals surface area contributed by atoms with Crippen molar-refractivity contribution in [1.82, 2.24) is 20.0 Å². The summed E-state index contributed by atoms with van der Waals surface area (Å²) in [6.07, 6.45) is 4.65. The number of hydrogen-bond donors (Lipinski definition) is 1. The van der Waals surface area contributed by atoms with Crippen LogP contribution >= 0.6 is 11.6 Å². The summed E-state index contributed by atoms with van der Waals surface area (Å²) in [5, 5.41) is 3.71. The maximum absolute atomic E-state index is 13.0. The van der Waals surface area contributed by atoms with Crippen molar-refractivity contribution in [3.8, 4) is 0 Å². The molecule has 0 spiro atoms. The predicted molar refractivity (Wildman–Crippen MR) is 116 cm³/mol. The summed E-state index contributed by atoms with van der Waals surface area (Å²) >= 11 is 6.03. The van der Waals surface area contributed by atoms with Crippen LogP contribution in [0.3, 0.4) is 0 Å². The summed E-state index contributed by atoms with van der Waals surface area (Å²) in [5.41, 5.74) is 0.625. The molecule has 2 amide bonds. The first-order valence-electron chi connectivity index (χ1n) is 10.7. The van der Waals surface area contributed by atoms with Crippen molar-refractivity contribution >= 4 is 23.4 Å². The number of halogens is 1. The molecule has 1 saturated carbocycles. The molecule has 1 unspecified atom stereocenters. The molecule has 1 aromatic carbocycles. The molecule has 160 valence electrons. The molecule has 6 nitrogen and oxygen atoms in total. The van der Waals surface area contributed by atoms with Crippen LogP contribution in [0.2, 0.25) is 5.02 Å². The number of hydrogen-bond acceptors (Lipinski definition) is 4. The second kappa shape index (κ2) is 10.4. The van der Waals surface area contributed by atoms with E-state index in [9.17, 15) is 9.59 Å². The van der Waals surface area contributed by atoms with Gasteiger partial charge in [-0.1, -0.05) is 30.5 Å². The Labute approximate surface area is 179 Å². The van der Waals surface area contributed by atoms with E-state index in [1.54, 1.807) is 24.3 Å². The van der Waals surface area contributed by atoms with E-state index in [1.165, 1.54) is 12.8 Å². The van der Waals surface area contributed by atoms with E-state index < -0.39 is 0 Å². The number of carbonyl (C=O) groups is 2. The van der Waals surface area contributed by atoms with Crippen LogP contribution in [-0.2, 0) is 4.79 Å². The Kier molecular flexibility index (Phi) is 7.92. The van der Waals surface area contributed by atoms with Crippen LogP contribution in [0.5, 0.6) is 0 Å². The van der Waals surface area contributed by atoms with E-state index in [-0.39, 0.29) is 17.9 Å². The van der Waals surface area contributed by atoms with Crippen LogP contribution in [0.15, 0.2) is 24.3 Å². The molecule has 7 heteroatoms. The number of piperazine rings is 1. The van der Waals surface area contributed by atoms with Crippen LogP contribution in [-0.4, -0.2) is 85.9 Å². The van der Waals surface area contributed by atoms with E-state index >= 15 is 0 Å². The van der Waals surface area contributed by atoms with Crippen molar-refractivity contribution in [2.24, 2.45) is 5.92 Å². The number of likely N-dealkylation sites (N-methyl/N-ethyl adjacent to an activating group) is 1. The largest absolute Gasteiger partial charge is 0.353 e.